The van der Waals surface area contributed by atoms with E-state index in [1.807, 2.05) is 82.4 Å². The van der Waals surface area contributed by atoms with E-state index in [4.69, 9.17) is 8.83 Å². The Kier molecular flexibility index (Phi) is 12.3. The summed E-state index contributed by atoms with van der Waals surface area (Å²) in [5.74, 6) is 0.800. The number of para-hydroxylation sites is 2. The van der Waals surface area contributed by atoms with Gasteiger partial charge in [0.25, 0.3) is 0 Å². The van der Waals surface area contributed by atoms with Crippen molar-refractivity contribution in [3.05, 3.63) is 115 Å². The summed E-state index contributed by atoms with van der Waals surface area (Å²) in [4.78, 5) is 16.4. The molecule has 5 nitrogen and oxygen atoms in total. The van der Waals surface area contributed by atoms with Crippen molar-refractivity contribution in [2.45, 2.75) is 73.1 Å². The average Bonchev–Trinajstić information content (AvgIpc) is 3.71. The molecule has 6 heteroatoms. The van der Waals surface area contributed by atoms with Gasteiger partial charge in [-0.05, 0) is 61.1 Å². The third kappa shape index (κ3) is 7.45. The van der Waals surface area contributed by atoms with E-state index in [-0.39, 0.29) is 49.4 Å². The van der Waals surface area contributed by atoms with Gasteiger partial charge in [-0.25, -0.2) is 0 Å². The van der Waals surface area contributed by atoms with Gasteiger partial charge in [0.1, 0.15) is 22.3 Å². The van der Waals surface area contributed by atoms with Crippen LogP contribution in [0.1, 0.15) is 78.7 Å². The second kappa shape index (κ2) is 16.7. The summed E-state index contributed by atoms with van der Waals surface area (Å²) < 4.78 is 13.2. The number of furan rings is 2. The molecule has 0 atom stereocenters. The van der Waals surface area contributed by atoms with Gasteiger partial charge in [0.05, 0.1) is 5.76 Å². The van der Waals surface area contributed by atoms with E-state index in [1.165, 1.54) is 11.6 Å². The van der Waals surface area contributed by atoms with Crippen LogP contribution in [0.4, 0.5) is 0 Å². The fourth-order valence-corrected chi connectivity index (χ4v) is 7.09. The molecular formula is C45H46IrNO4-. The first-order valence-corrected chi connectivity index (χ1v) is 18.0. The van der Waals surface area contributed by atoms with Crippen molar-refractivity contribution in [1.29, 1.82) is 0 Å². The van der Waals surface area contributed by atoms with Crippen LogP contribution < -0.4 is 0 Å². The van der Waals surface area contributed by atoms with Crippen molar-refractivity contribution in [1.82, 2.24) is 4.98 Å². The molecule has 51 heavy (non-hydrogen) atoms. The number of carbonyl (C=O) groups excluding carboxylic acids is 1. The summed E-state index contributed by atoms with van der Waals surface area (Å²) in [5, 5.41) is 14.2. The molecule has 0 saturated carbocycles. The first kappa shape index (κ1) is 37.7. The number of fused-ring (bicyclic) bond motifs is 6. The topological polar surface area (TPSA) is 76.5 Å². The molecule has 0 saturated heterocycles. The number of rotatable bonds is 10. The zero-order valence-electron chi connectivity index (χ0n) is 30.3. The van der Waals surface area contributed by atoms with Crippen molar-refractivity contribution in [3.8, 4) is 22.4 Å². The smallest absolute Gasteiger partial charge is 0.162 e. The van der Waals surface area contributed by atoms with Gasteiger partial charge in [0.2, 0.25) is 0 Å². The third-order valence-corrected chi connectivity index (χ3v) is 9.87. The molecule has 3 aromatic heterocycles. The summed E-state index contributed by atoms with van der Waals surface area (Å²) >= 11 is 0. The number of aliphatic hydroxyl groups excluding tert-OH is 1. The van der Waals surface area contributed by atoms with E-state index in [2.05, 4.69) is 61.3 Å². The van der Waals surface area contributed by atoms with E-state index in [0.29, 0.717) is 0 Å². The fourth-order valence-electron chi connectivity index (χ4n) is 7.09. The van der Waals surface area contributed by atoms with E-state index >= 15 is 0 Å². The number of carbonyl (C=O) groups is 1. The summed E-state index contributed by atoms with van der Waals surface area (Å²) in [6.07, 6.45) is 6.77. The minimum Gasteiger partial charge on any atom is -0.512 e. The Bertz CT molecular complexity index is 2280. The van der Waals surface area contributed by atoms with Crippen molar-refractivity contribution in [3.63, 3.8) is 0 Å². The van der Waals surface area contributed by atoms with Crippen molar-refractivity contribution in [2.75, 3.05) is 0 Å². The zero-order chi connectivity index (χ0) is 35.4. The van der Waals surface area contributed by atoms with Crippen LogP contribution in [0.2, 0.25) is 0 Å². The average molecular weight is 857 g/mol. The second-order valence-electron chi connectivity index (χ2n) is 13.3. The van der Waals surface area contributed by atoms with E-state index in [0.717, 1.165) is 91.9 Å². The van der Waals surface area contributed by atoms with Gasteiger partial charge in [0.15, 0.2) is 5.78 Å². The number of allylic oxidation sites excluding steroid dienone is 2. The Morgan fingerprint density at radius 2 is 1.37 bits per heavy atom. The van der Waals surface area contributed by atoms with Crippen LogP contribution in [0.15, 0.2) is 112 Å². The third-order valence-electron chi connectivity index (χ3n) is 9.87. The summed E-state index contributed by atoms with van der Waals surface area (Å²) in [7, 11) is 0. The van der Waals surface area contributed by atoms with Gasteiger partial charge in [-0.1, -0.05) is 84.0 Å². The molecule has 265 valence electrons. The van der Waals surface area contributed by atoms with Gasteiger partial charge in [-0.2, -0.15) is 0 Å². The van der Waals surface area contributed by atoms with Crippen molar-refractivity contribution >= 4 is 49.7 Å². The Morgan fingerprint density at radius 1 is 0.784 bits per heavy atom. The molecule has 7 aromatic rings. The van der Waals surface area contributed by atoms with Gasteiger partial charge < -0.3 is 18.9 Å². The van der Waals surface area contributed by atoms with Gasteiger partial charge >= 0.3 is 0 Å². The molecule has 0 unspecified atom stereocenters. The molecule has 3 heterocycles. The van der Waals surface area contributed by atoms with Gasteiger partial charge in [0, 0.05) is 76.9 Å². The van der Waals surface area contributed by atoms with Crippen LogP contribution in [0.3, 0.4) is 0 Å². The number of hydrogen-bond donors (Lipinski definition) is 1. The number of aliphatic hydroxyl groups is 1. The number of benzene rings is 4. The maximum Gasteiger partial charge on any atom is 0.162 e. The van der Waals surface area contributed by atoms with Crippen LogP contribution in [0, 0.1) is 17.9 Å². The Hall–Kier alpha value is -4.51. The van der Waals surface area contributed by atoms with Crippen LogP contribution in [0.5, 0.6) is 0 Å². The number of aromatic nitrogens is 1. The van der Waals surface area contributed by atoms with E-state index in [9.17, 15) is 9.90 Å². The molecule has 0 fully saturated rings. The summed E-state index contributed by atoms with van der Waals surface area (Å²) in [5.41, 5.74) is 8.70. The minimum absolute atomic E-state index is 0. The van der Waals surface area contributed by atoms with E-state index in [1.54, 1.807) is 0 Å². The summed E-state index contributed by atoms with van der Waals surface area (Å²) in [6, 6.07) is 32.0. The van der Waals surface area contributed by atoms with Crippen molar-refractivity contribution < 1.29 is 38.8 Å². The molecule has 1 N–H and O–H groups in total. The number of hydrogen-bond acceptors (Lipinski definition) is 5. The Labute approximate surface area is 314 Å². The van der Waals surface area contributed by atoms with Crippen molar-refractivity contribution in [2.24, 2.45) is 11.8 Å². The molecule has 0 aliphatic rings. The van der Waals surface area contributed by atoms with Gasteiger partial charge in [-0.15, -0.1) is 35.9 Å². The standard InChI is InChI=1S/C32H22NO2.C13H24O2.Ir/c1-19(2)27-29-22-12-6-8-14-25(22)35-32(29)28(30-23-13-7-9-15-26(23)34-31(27)30)21-16-17-33-24(18-21)20-10-4-3-5-11-20;1-5-10(6-2)12(14)9-13(15)11(7-3)8-4;/h3-10,12-19H,1-2H3;9-11,14H,5-8H2,1-4H3;/q-1;;/b;12-9-;. The molecule has 4 aromatic carbocycles. The molecular weight excluding hydrogens is 811 g/mol. The predicted octanol–water partition coefficient (Wildman–Crippen LogP) is 13.0. The number of nitrogens with zero attached hydrogens (tertiary/aromatic N) is 1. The molecule has 0 aliphatic carbocycles. The maximum atomic E-state index is 11.7. The number of ketones is 1. The van der Waals surface area contributed by atoms with Crippen LogP contribution in [0.25, 0.3) is 66.3 Å². The fraction of sp³-hybridized carbons (Fsp3) is 0.289. The second-order valence-corrected chi connectivity index (χ2v) is 13.3. The minimum atomic E-state index is 0. The summed E-state index contributed by atoms with van der Waals surface area (Å²) in [6.45, 7) is 12.5. The molecule has 0 amide bonds. The quantitative estimate of drug-likeness (QED) is 0.0842. The predicted molar refractivity (Wildman–Crippen MR) is 206 cm³/mol. The molecule has 7 rings (SSSR count). The van der Waals surface area contributed by atoms with Crippen LogP contribution in [-0.2, 0) is 24.9 Å². The SMILES string of the molecule is CC(C)c1c2oc3ccccc3c2c(-c2ccnc(-c3[c-]cccc3)c2)c2oc3ccccc3c12.CCC(CC)C(=O)/C=C(\O)C(CC)CC.[Ir]. The van der Waals surface area contributed by atoms with Gasteiger partial charge in [-0.3, -0.25) is 4.79 Å². The van der Waals surface area contributed by atoms with Crippen LogP contribution in [-0.4, -0.2) is 15.9 Å². The van der Waals surface area contributed by atoms with E-state index < -0.39 is 0 Å². The Balaban J connectivity index is 0.000000271. The number of pyridine rings is 1. The molecule has 1 radical (unpaired) electrons. The maximum absolute atomic E-state index is 11.7. The molecule has 0 spiro atoms. The monoisotopic (exact) mass is 857 g/mol. The molecule has 0 aliphatic heterocycles. The zero-order valence-corrected chi connectivity index (χ0v) is 32.6. The first-order chi connectivity index (χ1) is 24.3. The molecule has 0 bridgehead atoms. The normalized spacial score (nSPS) is 11.9. The van der Waals surface area contributed by atoms with Crippen LogP contribution >= 0.6 is 0 Å². The first-order valence-electron chi connectivity index (χ1n) is 18.0. The largest absolute Gasteiger partial charge is 0.512 e. The Morgan fingerprint density at radius 3 is 1.96 bits per heavy atom.